The van der Waals surface area contributed by atoms with Crippen molar-refractivity contribution in [1.29, 1.82) is 0 Å². The van der Waals surface area contributed by atoms with Crippen LogP contribution in [0.2, 0.25) is 0 Å². The van der Waals surface area contributed by atoms with Crippen LogP contribution in [0.3, 0.4) is 0 Å². The Morgan fingerprint density at radius 3 is 2.20 bits per heavy atom. The number of hydrogen-bond acceptors (Lipinski definition) is 9. The van der Waals surface area contributed by atoms with E-state index < -0.39 is 45.6 Å². The van der Waals surface area contributed by atoms with Gasteiger partial charge in [0.2, 0.25) is 5.91 Å². The molecule has 1 saturated heterocycles. The van der Waals surface area contributed by atoms with Crippen LogP contribution in [0.1, 0.15) is 44.2 Å². The third kappa shape index (κ3) is 8.43. The lowest BCUT2D eigenvalue weighted by molar-refractivity contribution is -0.225. The van der Waals surface area contributed by atoms with Crippen LogP contribution < -0.4 is 10.8 Å². The lowest BCUT2D eigenvalue weighted by Gasteiger charge is -2.36. The summed E-state index contributed by atoms with van der Waals surface area (Å²) in [5, 5.41) is 12.6. The zero-order valence-electron chi connectivity index (χ0n) is 23.3. The van der Waals surface area contributed by atoms with Crippen LogP contribution in [-0.2, 0) is 40.0 Å². The van der Waals surface area contributed by atoms with Gasteiger partial charge in [0.25, 0.3) is 17.7 Å². The fourth-order valence-electron chi connectivity index (χ4n) is 4.63. The summed E-state index contributed by atoms with van der Waals surface area (Å²) in [4.78, 5) is 52.3. The second-order valence-corrected chi connectivity index (χ2v) is 11.9. The molecule has 0 spiro atoms. The number of piperazine rings is 1. The van der Waals surface area contributed by atoms with Gasteiger partial charge < -0.3 is 0 Å². The molecule has 1 aliphatic rings. The summed E-state index contributed by atoms with van der Waals surface area (Å²) in [5.41, 5.74) is 3.39. The summed E-state index contributed by atoms with van der Waals surface area (Å²) in [7, 11) is -4.70. The number of aryl methyl sites for hydroxylation is 2. The van der Waals surface area contributed by atoms with E-state index in [-0.39, 0.29) is 41.9 Å². The first-order valence-electron chi connectivity index (χ1n) is 13.3. The number of benzene rings is 2. The lowest BCUT2D eigenvalue weighted by atomic mass is 9.81. The largest absolute Gasteiger partial charge is 0.319 e. The number of nitrogens with one attached hydrogen (secondary N) is 2. The normalized spacial score (nSPS) is 15.5. The molecule has 222 valence electrons. The topological polar surface area (TPSA) is 162 Å². The van der Waals surface area contributed by atoms with E-state index in [0.29, 0.717) is 17.9 Å². The summed E-state index contributed by atoms with van der Waals surface area (Å²) in [6.07, 6.45) is 1.25. The van der Waals surface area contributed by atoms with Crippen molar-refractivity contribution < 1.29 is 37.1 Å². The Bertz CT molecular complexity index is 1320. The molecule has 0 saturated carbocycles. The highest BCUT2D eigenvalue weighted by atomic mass is 32.2. The average Bonchev–Trinajstić information content (AvgIpc) is 2.93. The minimum absolute atomic E-state index is 0.0706. The first kappa shape index (κ1) is 31.9. The van der Waals surface area contributed by atoms with E-state index in [0.717, 1.165) is 11.1 Å². The Kier molecular flexibility index (Phi) is 11.1. The van der Waals surface area contributed by atoms with E-state index in [1.54, 1.807) is 26.3 Å². The minimum Gasteiger partial charge on any atom is -0.300 e. The van der Waals surface area contributed by atoms with Gasteiger partial charge in [0, 0.05) is 0 Å². The molecule has 1 fully saturated rings. The highest BCUT2D eigenvalue weighted by Crippen LogP contribution is 2.30. The number of carbonyl (C=O) groups excluding carboxylic acids is 4. The molecule has 2 aromatic carbocycles. The third-order valence-corrected chi connectivity index (χ3v) is 7.86. The molecule has 4 amide bonds. The predicted octanol–water partition coefficient (Wildman–Crippen LogP) is 2.12. The van der Waals surface area contributed by atoms with Crippen molar-refractivity contribution in [1.82, 2.24) is 21.0 Å². The van der Waals surface area contributed by atoms with Gasteiger partial charge in [-0.25, -0.2) is 5.48 Å². The molecule has 2 aromatic rings. The van der Waals surface area contributed by atoms with Crippen molar-refractivity contribution in [2.75, 3.05) is 13.1 Å². The Balaban J connectivity index is 2.00. The van der Waals surface area contributed by atoms with Gasteiger partial charge in [-0.2, -0.15) is 13.4 Å². The maximum absolute atomic E-state index is 14.1. The van der Waals surface area contributed by atoms with Gasteiger partial charge in [-0.05, 0) is 56.2 Å². The molecule has 3 rings (SSSR count). The summed E-state index contributed by atoms with van der Waals surface area (Å²) >= 11 is 0. The summed E-state index contributed by atoms with van der Waals surface area (Å²) in [6, 6.07) is 15.1. The maximum Gasteiger partial charge on any atom is 0.319 e. The van der Waals surface area contributed by atoms with Gasteiger partial charge in [0.15, 0.2) is 0 Å². The first-order chi connectivity index (χ1) is 19.4. The van der Waals surface area contributed by atoms with Gasteiger partial charge in [-0.1, -0.05) is 67.0 Å². The highest BCUT2D eigenvalue weighted by molar-refractivity contribution is 7.86. The van der Waals surface area contributed by atoms with Crippen molar-refractivity contribution in [2.45, 2.75) is 51.3 Å². The van der Waals surface area contributed by atoms with Crippen LogP contribution >= 0.6 is 0 Å². The van der Waals surface area contributed by atoms with Crippen molar-refractivity contribution in [3.8, 4) is 0 Å². The molecule has 0 radical (unpaired) electrons. The van der Waals surface area contributed by atoms with Gasteiger partial charge in [0.1, 0.15) is 0 Å². The number of carbonyl (C=O) groups is 4. The smallest absolute Gasteiger partial charge is 0.300 e. The molecule has 0 unspecified atom stereocenters. The maximum atomic E-state index is 14.1. The molecular weight excluding hydrogens is 552 g/mol. The number of rotatable bonds is 13. The SMILES string of the molecule is Cc1ccc(S(=O)(=O)ON(C(=O)[C@H](CC(C)C)[C@H](CCCc2ccccc2)C(=O)NO)N2C(=O)CNCC2=O)cc1. The van der Waals surface area contributed by atoms with E-state index in [1.165, 1.54) is 24.3 Å². The molecule has 0 aliphatic carbocycles. The molecule has 1 aliphatic heterocycles. The molecular formula is C28H36N4O8S. The van der Waals surface area contributed by atoms with Crippen LogP contribution in [0, 0.1) is 24.7 Å². The number of hydroxylamine groups is 2. The van der Waals surface area contributed by atoms with Crippen LogP contribution in [0.15, 0.2) is 59.5 Å². The second-order valence-electron chi connectivity index (χ2n) is 10.4. The predicted molar refractivity (Wildman–Crippen MR) is 147 cm³/mol. The third-order valence-electron chi connectivity index (χ3n) is 6.67. The monoisotopic (exact) mass is 588 g/mol. The summed E-state index contributed by atoms with van der Waals surface area (Å²) < 4.78 is 31.7. The van der Waals surface area contributed by atoms with Crippen LogP contribution in [0.4, 0.5) is 0 Å². The second kappa shape index (κ2) is 14.3. The number of hydrogen-bond donors (Lipinski definition) is 3. The van der Waals surface area contributed by atoms with E-state index in [4.69, 9.17) is 4.28 Å². The standard InChI is InChI=1S/C28H36N4O8S/c1-19(2)16-24(23(27(35)30-37)11-7-10-21-8-5-4-6-9-21)28(36)32(31-25(33)17-29-18-26(31)34)40-41(38,39)22-14-12-20(3)13-15-22/h4-6,8-9,12-15,19,23-24,29,37H,7,10-11,16-18H2,1-3H3,(H,30,35)/t23-,24+/m0/s1. The van der Waals surface area contributed by atoms with Crippen LogP contribution in [0.5, 0.6) is 0 Å². The molecule has 41 heavy (non-hydrogen) atoms. The van der Waals surface area contributed by atoms with Crippen molar-refractivity contribution in [3.05, 3.63) is 65.7 Å². The fourth-order valence-corrected chi connectivity index (χ4v) is 5.51. The van der Waals surface area contributed by atoms with Gasteiger partial charge >= 0.3 is 10.1 Å². The Hall–Kier alpha value is -3.65. The van der Waals surface area contributed by atoms with Crippen LogP contribution in [0.25, 0.3) is 0 Å². The van der Waals surface area contributed by atoms with E-state index in [1.807, 2.05) is 30.3 Å². The Morgan fingerprint density at radius 1 is 1.02 bits per heavy atom. The molecule has 0 bridgehead atoms. The van der Waals surface area contributed by atoms with Crippen molar-refractivity contribution in [2.24, 2.45) is 17.8 Å². The molecule has 1 heterocycles. The molecule has 2 atom stereocenters. The van der Waals surface area contributed by atoms with E-state index in [2.05, 4.69) is 5.32 Å². The summed E-state index contributed by atoms with van der Waals surface area (Å²) in [5.74, 6) is -6.30. The van der Waals surface area contributed by atoms with Crippen molar-refractivity contribution in [3.63, 3.8) is 0 Å². The lowest BCUT2D eigenvalue weighted by Crippen LogP contribution is -2.62. The van der Waals surface area contributed by atoms with E-state index in [9.17, 15) is 32.8 Å². The number of nitrogens with zero attached hydrogens (tertiary/aromatic N) is 2. The number of imide groups is 1. The van der Waals surface area contributed by atoms with Crippen molar-refractivity contribution >= 4 is 33.7 Å². The molecule has 12 nitrogen and oxygen atoms in total. The number of hydrazine groups is 1. The zero-order valence-corrected chi connectivity index (χ0v) is 24.1. The number of amides is 4. The summed E-state index contributed by atoms with van der Waals surface area (Å²) in [6.45, 7) is 4.65. The van der Waals surface area contributed by atoms with E-state index >= 15 is 0 Å². The Labute approximate surface area is 239 Å². The Morgan fingerprint density at radius 2 is 1.63 bits per heavy atom. The minimum atomic E-state index is -4.70. The quantitative estimate of drug-likeness (QED) is 0.181. The average molecular weight is 589 g/mol. The highest BCUT2D eigenvalue weighted by Gasteiger charge is 2.44. The first-order valence-corrected chi connectivity index (χ1v) is 14.7. The molecule has 0 aromatic heterocycles. The van der Waals surface area contributed by atoms with Gasteiger partial charge in [-0.15, -0.1) is 4.28 Å². The molecule has 3 N–H and O–H groups in total. The molecule has 13 heteroatoms. The van der Waals surface area contributed by atoms with Gasteiger partial charge in [0.05, 0.1) is 29.8 Å². The fraction of sp³-hybridized carbons (Fsp3) is 0.429. The van der Waals surface area contributed by atoms with Crippen LogP contribution in [-0.4, -0.2) is 60.5 Å². The van der Waals surface area contributed by atoms with Gasteiger partial charge in [-0.3, -0.25) is 29.7 Å². The zero-order chi connectivity index (χ0) is 30.2.